The molecule has 0 aliphatic rings. The van der Waals surface area contributed by atoms with Crippen LogP contribution in [-0.2, 0) is 0 Å². The van der Waals surface area contributed by atoms with Gasteiger partial charge >= 0.3 is 0 Å². The smallest absolute Gasteiger partial charge is 0.291 e. The van der Waals surface area contributed by atoms with Crippen molar-refractivity contribution in [2.24, 2.45) is 0 Å². The van der Waals surface area contributed by atoms with Crippen molar-refractivity contribution in [2.75, 3.05) is 12.4 Å². The summed E-state index contributed by atoms with van der Waals surface area (Å²) in [5, 5.41) is 2.78. The molecule has 1 amide bonds. The molecule has 0 bridgehead atoms. The third-order valence-corrected chi connectivity index (χ3v) is 4.21. The summed E-state index contributed by atoms with van der Waals surface area (Å²) in [6.07, 6.45) is 0. The molecule has 2 aromatic heterocycles. The monoisotopic (exact) mass is 412 g/mol. The van der Waals surface area contributed by atoms with Crippen molar-refractivity contribution >= 4 is 38.6 Å². The van der Waals surface area contributed by atoms with Gasteiger partial charge in [0.15, 0.2) is 16.0 Å². The zero-order valence-electron chi connectivity index (χ0n) is 13.7. The number of ether oxygens (including phenoxy) is 1. The number of halogens is 1. The summed E-state index contributed by atoms with van der Waals surface area (Å²) >= 11 is 3.18. The highest BCUT2D eigenvalue weighted by molar-refractivity contribution is 9.10. The SMILES string of the molecule is COc1ccc(-c2nc3cc(NC(=O)c4ccc(Br)o4)ccc3o2)cc1. The van der Waals surface area contributed by atoms with E-state index in [0.717, 1.165) is 11.3 Å². The summed E-state index contributed by atoms with van der Waals surface area (Å²) in [7, 11) is 1.62. The van der Waals surface area contributed by atoms with Crippen molar-refractivity contribution in [3.05, 3.63) is 65.0 Å². The first kappa shape index (κ1) is 16.4. The zero-order valence-corrected chi connectivity index (χ0v) is 15.2. The fourth-order valence-electron chi connectivity index (χ4n) is 2.49. The molecule has 2 heterocycles. The minimum atomic E-state index is -0.339. The van der Waals surface area contributed by atoms with Crippen molar-refractivity contribution in [1.29, 1.82) is 0 Å². The van der Waals surface area contributed by atoms with E-state index >= 15 is 0 Å². The molecule has 26 heavy (non-hydrogen) atoms. The van der Waals surface area contributed by atoms with E-state index in [1.807, 2.05) is 24.3 Å². The first-order valence-corrected chi connectivity index (χ1v) is 8.53. The molecule has 0 saturated heterocycles. The Kier molecular flexibility index (Phi) is 4.22. The third kappa shape index (κ3) is 3.21. The predicted octanol–water partition coefficient (Wildman–Crippen LogP) is 5.11. The van der Waals surface area contributed by atoms with Gasteiger partial charge in [0.05, 0.1) is 7.11 Å². The topological polar surface area (TPSA) is 77.5 Å². The molecular formula is C19H13BrN2O4. The van der Waals surface area contributed by atoms with E-state index < -0.39 is 0 Å². The van der Waals surface area contributed by atoms with Gasteiger partial charge in [-0.15, -0.1) is 0 Å². The highest BCUT2D eigenvalue weighted by Crippen LogP contribution is 2.27. The largest absolute Gasteiger partial charge is 0.497 e. The van der Waals surface area contributed by atoms with E-state index in [0.29, 0.717) is 27.3 Å². The van der Waals surface area contributed by atoms with Gasteiger partial charge in [0, 0.05) is 11.3 Å². The highest BCUT2D eigenvalue weighted by Gasteiger charge is 2.13. The lowest BCUT2D eigenvalue weighted by Crippen LogP contribution is -2.10. The van der Waals surface area contributed by atoms with Crippen molar-refractivity contribution in [3.63, 3.8) is 0 Å². The van der Waals surface area contributed by atoms with Gasteiger partial charge in [-0.05, 0) is 70.5 Å². The standard InChI is InChI=1S/C19H13BrN2O4/c1-24-13-5-2-11(3-6-13)19-22-14-10-12(4-7-15(14)26-19)21-18(23)16-8-9-17(20)25-16/h2-10H,1H3,(H,21,23). The van der Waals surface area contributed by atoms with Crippen molar-refractivity contribution < 1.29 is 18.4 Å². The van der Waals surface area contributed by atoms with Gasteiger partial charge in [-0.1, -0.05) is 0 Å². The number of oxazole rings is 1. The molecule has 130 valence electrons. The van der Waals surface area contributed by atoms with Crippen LogP contribution >= 0.6 is 15.9 Å². The van der Waals surface area contributed by atoms with Crippen LogP contribution in [0.4, 0.5) is 5.69 Å². The van der Waals surface area contributed by atoms with Crippen LogP contribution < -0.4 is 10.1 Å². The number of rotatable bonds is 4. The molecule has 4 rings (SSSR count). The van der Waals surface area contributed by atoms with Gasteiger partial charge in [-0.3, -0.25) is 4.79 Å². The maximum absolute atomic E-state index is 12.2. The number of anilines is 1. The number of fused-ring (bicyclic) bond motifs is 1. The molecule has 0 aliphatic heterocycles. The molecule has 7 heteroatoms. The molecule has 6 nitrogen and oxygen atoms in total. The number of benzene rings is 2. The molecule has 0 spiro atoms. The Morgan fingerprint density at radius 2 is 1.88 bits per heavy atom. The molecule has 0 aliphatic carbocycles. The second-order valence-electron chi connectivity index (χ2n) is 5.49. The Hall–Kier alpha value is -3.06. The van der Waals surface area contributed by atoms with Crippen molar-refractivity contribution in [1.82, 2.24) is 4.98 Å². The lowest BCUT2D eigenvalue weighted by Gasteiger charge is -2.02. The highest BCUT2D eigenvalue weighted by atomic mass is 79.9. The van der Waals surface area contributed by atoms with Crippen LogP contribution in [0.3, 0.4) is 0 Å². The fraction of sp³-hybridized carbons (Fsp3) is 0.0526. The minimum absolute atomic E-state index is 0.219. The number of amides is 1. The Labute approximate surface area is 156 Å². The molecule has 0 fully saturated rings. The zero-order chi connectivity index (χ0) is 18.1. The number of furan rings is 1. The maximum Gasteiger partial charge on any atom is 0.291 e. The number of carbonyl (C=O) groups is 1. The fourth-order valence-corrected chi connectivity index (χ4v) is 2.80. The van der Waals surface area contributed by atoms with Crippen molar-refractivity contribution in [2.45, 2.75) is 0 Å². The number of methoxy groups -OCH3 is 1. The van der Waals surface area contributed by atoms with Crippen LogP contribution in [0.2, 0.25) is 0 Å². The van der Waals surface area contributed by atoms with E-state index in [1.54, 1.807) is 37.4 Å². The number of aromatic nitrogens is 1. The van der Waals surface area contributed by atoms with Crippen LogP contribution in [0.1, 0.15) is 10.6 Å². The molecule has 2 aromatic carbocycles. The first-order chi connectivity index (χ1) is 12.6. The quantitative estimate of drug-likeness (QED) is 0.503. The molecule has 0 saturated carbocycles. The van der Waals surface area contributed by atoms with Gasteiger partial charge in [0.25, 0.3) is 5.91 Å². The summed E-state index contributed by atoms with van der Waals surface area (Å²) in [4.78, 5) is 16.7. The second-order valence-corrected chi connectivity index (χ2v) is 6.27. The van der Waals surface area contributed by atoms with Gasteiger partial charge in [0.1, 0.15) is 11.3 Å². The lowest BCUT2D eigenvalue weighted by atomic mass is 10.2. The summed E-state index contributed by atoms with van der Waals surface area (Å²) in [6, 6.07) is 16.0. The van der Waals surface area contributed by atoms with E-state index in [4.69, 9.17) is 13.6 Å². The summed E-state index contributed by atoms with van der Waals surface area (Å²) < 4.78 is 16.7. The molecule has 4 aromatic rings. The van der Waals surface area contributed by atoms with E-state index in [9.17, 15) is 4.79 Å². The average molecular weight is 413 g/mol. The third-order valence-electron chi connectivity index (χ3n) is 3.78. The van der Waals surface area contributed by atoms with Crippen molar-refractivity contribution in [3.8, 4) is 17.2 Å². The van der Waals surface area contributed by atoms with Crippen LogP contribution in [0.15, 0.2) is 68.1 Å². The Balaban J connectivity index is 1.60. The lowest BCUT2D eigenvalue weighted by molar-refractivity contribution is 0.0995. The molecule has 0 atom stereocenters. The number of hydrogen-bond acceptors (Lipinski definition) is 5. The summed E-state index contributed by atoms with van der Waals surface area (Å²) in [5.74, 6) is 1.14. The number of nitrogens with one attached hydrogen (secondary N) is 1. The molecular weight excluding hydrogens is 400 g/mol. The Bertz CT molecular complexity index is 1080. The van der Waals surface area contributed by atoms with E-state index in [1.165, 1.54) is 0 Å². The normalized spacial score (nSPS) is 10.8. The van der Waals surface area contributed by atoms with Gasteiger partial charge < -0.3 is 18.9 Å². The molecule has 0 radical (unpaired) electrons. The number of nitrogens with zero attached hydrogens (tertiary/aromatic N) is 1. The Morgan fingerprint density at radius 1 is 1.08 bits per heavy atom. The average Bonchev–Trinajstić information content (AvgIpc) is 3.27. The van der Waals surface area contributed by atoms with Crippen LogP contribution in [0.25, 0.3) is 22.6 Å². The van der Waals surface area contributed by atoms with Gasteiger partial charge in [0.2, 0.25) is 5.89 Å². The summed E-state index contributed by atoms with van der Waals surface area (Å²) in [6.45, 7) is 0. The van der Waals surface area contributed by atoms with E-state index in [2.05, 4.69) is 26.2 Å². The minimum Gasteiger partial charge on any atom is -0.497 e. The maximum atomic E-state index is 12.2. The van der Waals surface area contributed by atoms with Crippen LogP contribution in [-0.4, -0.2) is 18.0 Å². The molecule has 0 unspecified atom stereocenters. The number of carbonyl (C=O) groups excluding carboxylic acids is 1. The van der Waals surface area contributed by atoms with Gasteiger partial charge in [-0.2, -0.15) is 0 Å². The first-order valence-electron chi connectivity index (χ1n) is 7.74. The summed E-state index contributed by atoms with van der Waals surface area (Å²) in [5.41, 5.74) is 2.72. The predicted molar refractivity (Wildman–Crippen MR) is 100 cm³/mol. The second kappa shape index (κ2) is 6.68. The van der Waals surface area contributed by atoms with Crippen LogP contribution in [0.5, 0.6) is 5.75 Å². The Morgan fingerprint density at radius 3 is 2.58 bits per heavy atom. The van der Waals surface area contributed by atoms with Gasteiger partial charge in [-0.25, -0.2) is 4.98 Å². The molecule has 1 N–H and O–H groups in total. The van der Waals surface area contributed by atoms with E-state index in [-0.39, 0.29) is 11.7 Å². The number of hydrogen-bond donors (Lipinski definition) is 1. The van der Waals surface area contributed by atoms with Crippen LogP contribution in [0, 0.1) is 0 Å².